The molecule has 0 radical (unpaired) electrons. The van der Waals surface area contributed by atoms with E-state index in [2.05, 4.69) is 48.4 Å². The maximum atomic E-state index is 5.87. The zero-order valence-corrected chi connectivity index (χ0v) is 14.2. The molecule has 2 aromatic rings. The van der Waals surface area contributed by atoms with Crippen LogP contribution < -0.4 is 11.1 Å². The quantitative estimate of drug-likeness (QED) is 0.477. The van der Waals surface area contributed by atoms with Crippen LogP contribution in [0.15, 0.2) is 40.7 Å². The first-order valence-corrected chi connectivity index (χ1v) is 6.69. The molecule has 2 rings (SSSR count). The monoisotopic (exact) mass is 387 g/mol. The summed E-state index contributed by atoms with van der Waals surface area (Å²) in [5.41, 5.74) is 9.28. The average molecular weight is 387 g/mol. The molecule has 19 heavy (non-hydrogen) atoms. The Balaban J connectivity index is 0.00000180. The van der Waals surface area contributed by atoms with Crippen LogP contribution in [0.5, 0.6) is 0 Å². The van der Waals surface area contributed by atoms with Crippen molar-refractivity contribution in [1.29, 1.82) is 0 Å². The Bertz CT molecular complexity index is 530. The lowest BCUT2D eigenvalue weighted by Crippen LogP contribution is -2.22. The molecule has 1 aromatic heterocycles. The summed E-state index contributed by atoms with van der Waals surface area (Å²) in [6.07, 6.45) is 0. The number of nitrogens with two attached hydrogens (primary N) is 1. The molecule has 3 nitrogen and oxygen atoms in total. The maximum absolute atomic E-state index is 5.87. The number of benzene rings is 1. The standard InChI is InChI=1S/C14H17N3S.HI/c1-10-6-11(2)8-12(7-10)17-14(15)16-9-13-4-3-5-18-13;/h3-8H,9H2,1-2H3,(H3,15,16,17);1H. The SMILES string of the molecule is Cc1cc(C)cc(NC(N)=NCc2cccs2)c1.I. The Hall–Kier alpha value is -1.08. The van der Waals surface area contributed by atoms with Crippen molar-refractivity contribution < 1.29 is 0 Å². The van der Waals surface area contributed by atoms with Crippen LogP contribution in [0, 0.1) is 13.8 Å². The van der Waals surface area contributed by atoms with E-state index in [-0.39, 0.29) is 24.0 Å². The first-order chi connectivity index (χ1) is 8.63. The topological polar surface area (TPSA) is 50.4 Å². The van der Waals surface area contributed by atoms with E-state index in [4.69, 9.17) is 5.73 Å². The minimum atomic E-state index is 0. The number of guanidine groups is 1. The highest BCUT2D eigenvalue weighted by molar-refractivity contribution is 14.0. The Morgan fingerprint density at radius 3 is 2.53 bits per heavy atom. The highest BCUT2D eigenvalue weighted by Gasteiger charge is 1.98. The normalized spacial score (nSPS) is 10.9. The predicted molar refractivity (Wildman–Crippen MR) is 94.6 cm³/mol. The van der Waals surface area contributed by atoms with Crippen LogP contribution in [-0.2, 0) is 6.54 Å². The molecule has 0 fully saturated rings. The van der Waals surface area contributed by atoms with Gasteiger partial charge in [0.15, 0.2) is 5.96 Å². The molecular formula is C14H18IN3S. The molecule has 3 N–H and O–H groups in total. The van der Waals surface area contributed by atoms with E-state index < -0.39 is 0 Å². The molecule has 0 bridgehead atoms. The Kier molecular flexibility index (Phi) is 6.30. The summed E-state index contributed by atoms with van der Waals surface area (Å²) in [5, 5.41) is 5.16. The summed E-state index contributed by atoms with van der Waals surface area (Å²) < 4.78 is 0. The fourth-order valence-electron chi connectivity index (χ4n) is 1.80. The molecule has 0 atom stereocenters. The van der Waals surface area contributed by atoms with Crippen molar-refractivity contribution in [3.05, 3.63) is 51.7 Å². The van der Waals surface area contributed by atoms with Gasteiger partial charge in [0.05, 0.1) is 6.54 Å². The fraction of sp³-hybridized carbons (Fsp3) is 0.214. The van der Waals surface area contributed by atoms with Crippen LogP contribution in [0.2, 0.25) is 0 Å². The molecule has 5 heteroatoms. The highest BCUT2D eigenvalue weighted by atomic mass is 127. The van der Waals surface area contributed by atoms with Crippen LogP contribution in [-0.4, -0.2) is 5.96 Å². The summed E-state index contributed by atoms with van der Waals surface area (Å²) in [6.45, 7) is 4.76. The van der Waals surface area contributed by atoms with Gasteiger partial charge in [-0.1, -0.05) is 12.1 Å². The number of nitrogens with one attached hydrogen (secondary N) is 1. The number of anilines is 1. The van der Waals surface area contributed by atoms with Crippen LogP contribution in [0.4, 0.5) is 5.69 Å². The van der Waals surface area contributed by atoms with Crippen molar-refractivity contribution in [2.45, 2.75) is 20.4 Å². The molecule has 0 aliphatic rings. The first-order valence-electron chi connectivity index (χ1n) is 5.81. The van der Waals surface area contributed by atoms with Crippen LogP contribution in [0.1, 0.15) is 16.0 Å². The van der Waals surface area contributed by atoms with E-state index in [0.29, 0.717) is 12.5 Å². The summed E-state index contributed by atoms with van der Waals surface area (Å²) in [5.74, 6) is 0.452. The van der Waals surface area contributed by atoms with E-state index in [0.717, 1.165) is 5.69 Å². The molecule has 0 aliphatic heterocycles. The molecule has 1 aromatic carbocycles. The summed E-state index contributed by atoms with van der Waals surface area (Å²) >= 11 is 1.69. The smallest absolute Gasteiger partial charge is 0.193 e. The van der Waals surface area contributed by atoms with Gasteiger partial charge in [-0.25, -0.2) is 4.99 Å². The van der Waals surface area contributed by atoms with E-state index in [1.807, 2.05) is 11.4 Å². The third-order valence-corrected chi connectivity index (χ3v) is 3.34. The van der Waals surface area contributed by atoms with E-state index in [1.54, 1.807) is 11.3 Å². The predicted octanol–water partition coefficient (Wildman–Crippen LogP) is 3.91. The Labute approximate surface area is 135 Å². The fourth-order valence-corrected chi connectivity index (χ4v) is 2.43. The third kappa shape index (κ3) is 5.20. The van der Waals surface area contributed by atoms with Crippen molar-refractivity contribution in [3.8, 4) is 0 Å². The van der Waals surface area contributed by atoms with Crippen molar-refractivity contribution >= 4 is 47.0 Å². The zero-order chi connectivity index (χ0) is 13.0. The van der Waals surface area contributed by atoms with Gasteiger partial charge in [-0.05, 0) is 48.6 Å². The van der Waals surface area contributed by atoms with E-state index in [9.17, 15) is 0 Å². The van der Waals surface area contributed by atoms with Gasteiger partial charge in [0.1, 0.15) is 0 Å². The number of hydrogen-bond donors (Lipinski definition) is 2. The molecule has 1 heterocycles. The third-order valence-electron chi connectivity index (χ3n) is 2.48. The lowest BCUT2D eigenvalue weighted by Gasteiger charge is -2.07. The van der Waals surface area contributed by atoms with Crippen molar-refractivity contribution in [2.24, 2.45) is 10.7 Å². The van der Waals surface area contributed by atoms with Crippen molar-refractivity contribution in [1.82, 2.24) is 0 Å². The molecule has 0 saturated heterocycles. The summed E-state index contributed by atoms with van der Waals surface area (Å²) in [6, 6.07) is 10.3. The largest absolute Gasteiger partial charge is 0.370 e. The number of thiophene rings is 1. The lowest BCUT2D eigenvalue weighted by molar-refractivity contribution is 1.09. The van der Waals surface area contributed by atoms with Gasteiger partial charge >= 0.3 is 0 Å². The zero-order valence-electron chi connectivity index (χ0n) is 11.0. The number of aryl methyl sites for hydroxylation is 2. The molecule has 0 spiro atoms. The lowest BCUT2D eigenvalue weighted by atomic mass is 10.1. The van der Waals surface area contributed by atoms with Crippen LogP contribution in [0.25, 0.3) is 0 Å². The van der Waals surface area contributed by atoms with Gasteiger partial charge in [0.2, 0.25) is 0 Å². The van der Waals surface area contributed by atoms with Gasteiger partial charge in [-0.15, -0.1) is 35.3 Å². The summed E-state index contributed by atoms with van der Waals surface area (Å²) in [4.78, 5) is 5.52. The minimum Gasteiger partial charge on any atom is -0.370 e. The molecule has 0 aliphatic carbocycles. The van der Waals surface area contributed by atoms with Crippen LogP contribution in [0.3, 0.4) is 0 Å². The van der Waals surface area contributed by atoms with Crippen LogP contribution >= 0.6 is 35.3 Å². The van der Waals surface area contributed by atoms with Gasteiger partial charge < -0.3 is 11.1 Å². The highest BCUT2D eigenvalue weighted by Crippen LogP contribution is 2.14. The molecular weight excluding hydrogens is 369 g/mol. The van der Waals surface area contributed by atoms with Gasteiger partial charge in [-0.3, -0.25) is 0 Å². The average Bonchev–Trinajstić information content (AvgIpc) is 2.77. The molecule has 102 valence electrons. The molecule has 0 amide bonds. The first kappa shape index (κ1) is 16.0. The van der Waals surface area contributed by atoms with E-state index in [1.165, 1.54) is 16.0 Å². The second-order valence-corrected chi connectivity index (χ2v) is 5.31. The molecule has 0 unspecified atom stereocenters. The number of hydrogen-bond acceptors (Lipinski definition) is 2. The number of nitrogens with zero attached hydrogens (tertiary/aromatic N) is 1. The second-order valence-electron chi connectivity index (χ2n) is 4.28. The van der Waals surface area contributed by atoms with E-state index >= 15 is 0 Å². The number of rotatable bonds is 3. The van der Waals surface area contributed by atoms with Gasteiger partial charge in [-0.2, -0.15) is 0 Å². The number of halogens is 1. The maximum Gasteiger partial charge on any atom is 0.193 e. The number of aliphatic imine (C=N–C) groups is 1. The summed E-state index contributed by atoms with van der Waals surface area (Å²) in [7, 11) is 0. The molecule has 0 saturated carbocycles. The Morgan fingerprint density at radius 1 is 1.26 bits per heavy atom. The van der Waals surface area contributed by atoms with Crippen molar-refractivity contribution in [2.75, 3.05) is 5.32 Å². The van der Waals surface area contributed by atoms with Crippen molar-refractivity contribution in [3.63, 3.8) is 0 Å². The van der Waals surface area contributed by atoms with Gasteiger partial charge in [0.25, 0.3) is 0 Å². The minimum absolute atomic E-state index is 0. The second kappa shape index (κ2) is 7.49. The Morgan fingerprint density at radius 2 is 1.95 bits per heavy atom. The van der Waals surface area contributed by atoms with Gasteiger partial charge in [0, 0.05) is 10.6 Å².